The van der Waals surface area contributed by atoms with Crippen molar-refractivity contribution in [1.29, 1.82) is 0 Å². The van der Waals surface area contributed by atoms with Crippen LogP contribution in [0.15, 0.2) is 16.5 Å². The minimum absolute atomic E-state index is 0.0109. The summed E-state index contributed by atoms with van der Waals surface area (Å²) < 4.78 is 4.90. The van der Waals surface area contributed by atoms with Crippen molar-refractivity contribution in [3.63, 3.8) is 0 Å². The van der Waals surface area contributed by atoms with Crippen molar-refractivity contribution in [2.45, 2.75) is 38.6 Å². The Kier molecular flexibility index (Phi) is 4.55. The van der Waals surface area contributed by atoms with Crippen LogP contribution in [0.25, 0.3) is 0 Å². The summed E-state index contributed by atoms with van der Waals surface area (Å²) in [5.41, 5.74) is 0. The maximum Gasteiger partial charge on any atom is 0.433 e. The molecule has 1 aromatic rings. The highest BCUT2D eigenvalue weighted by Gasteiger charge is 2.38. The predicted octanol–water partition coefficient (Wildman–Crippen LogP) is 1.95. The summed E-state index contributed by atoms with van der Waals surface area (Å²) >= 11 is 0. The van der Waals surface area contributed by atoms with Crippen LogP contribution in [-0.4, -0.2) is 40.8 Å². The third kappa shape index (κ3) is 3.27. The minimum Gasteiger partial charge on any atom is -0.395 e. The van der Waals surface area contributed by atoms with E-state index in [2.05, 4.69) is 12.2 Å². The molecule has 8 nitrogen and oxygen atoms in total. The molecule has 130 valence electrons. The third-order valence-corrected chi connectivity index (χ3v) is 4.96. The lowest BCUT2D eigenvalue weighted by Crippen LogP contribution is -2.57. The molecular weight excluding hydrogens is 314 g/mol. The number of nitrogens with one attached hydrogen (secondary N) is 1. The monoisotopic (exact) mass is 335 g/mol. The predicted molar refractivity (Wildman–Crippen MR) is 84.3 cm³/mol. The largest absolute Gasteiger partial charge is 0.433 e. The van der Waals surface area contributed by atoms with E-state index in [0.717, 1.165) is 25.3 Å². The number of amides is 2. The second-order valence-electron chi connectivity index (χ2n) is 6.68. The fourth-order valence-electron chi connectivity index (χ4n) is 3.34. The van der Waals surface area contributed by atoms with Gasteiger partial charge in [0, 0.05) is 19.1 Å². The molecule has 0 aromatic carbocycles. The van der Waals surface area contributed by atoms with Gasteiger partial charge in [-0.15, -0.1) is 0 Å². The maximum absolute atomic E-state index is 12.3. The van der Waals surface area contributed by atoms with E-state index in [1.54, 1.807) is 0 Å². The second-order valence-corrected chi connectivity index (χ2v) is 6.68. The number of hydrogen-bond donors (Lipinski definition) is 1. The molecule has 2 fully saturated rings. The van der Waals surface area contributed by atoms with Gasteiger partial charge in [-0.1, -0.05) is 19.8 Å². The lowest BCUT2D eigenvalue weighted by Gasteiger charge is -2.39. The first-order chi connectivity index (χ1) is 11.5. The van der Waals surface area contributed by atoms with Crippen molar-refractivity contribution in [3.8, 4) is 0 Å². The van der Waals surface area contributed by atoms with Crippen LogP contribution in [0, 0.1) is 22.0 Å². The van der Waals surface area contributed by atoms with E-state index in [0.29, 0.717) is 19.0 Å². The SMILES string of the molecule is CC1CCCCC1NC(=O)C1CN(C(=O)c2ccc([N+](=O)[O-])o2)C1. The minimum atomic E-state index is -0.686. The molecule has 1 N–H and O–H groups in total. The molecule has 1 saturated heterocycles. The summed E-state index contributed by atoms with van der Waals surface area (Å²) in [6.07, 6.45) is 4.51. The van der Waals surface area contributed by atoms with Crippen molar-refractivity contribution < 1.29 is 18.9 Å². The zero-order chi connectivity index (χ0) is 17.3. The second kappa shape index (κ2) is 6.62. The van der Waals surface area contributed by atoms with E-state index >= 15 is 0 Å². The first-order valence-electron chi connectivity index (χ1n) is 8.29. The van der Waals surface area contributed by atoms with Crippen molar-refractivity contribution in [1.82, 2.24) is 10.2 Å². The van der Waals surface area contributed by atoms with E-state index in [4.69, 9.17) is 4.42 Å². The van der Waals surface area contributed by atoms with E-state index in [-0.39, 0.29) is 23.6 Å². The maximum atomic E-state index is 12.3. The van der Waals surface area contributed by atoms with E-state index in [9.17, 15) is 19.7 Å². The van der Waals surface area contributed by atoms with Gasteiger partial charge in [0.05, 0.1) is 12.0 Å². The van der Waals surface area contributed by atoms with Gasteiger partial charge in [-0.2, -0.15) is 0 Å². The van der Waals surface area contributed by atoms with Crippen LogP contribution in [0.1, 0.15) is 43.2 Å². The van der Waals surface area contributed by atoms with Crippen LogP contribution < -0.4 is 5.32 Å². The van der Waals surface area contributed by atoms with Gasteiger partial charge >= 0.3 is 5.88 Å². The van der Waals surface area contributed by atoms with E-state index in [1.165, 1.54) is 17.4 Å². The first kappa shape index (κ1) is 16.5. The molecule has 2 aliphatic rings. The van der Waals surface area contributed by atoms with E-state index in [1.807, 2.05) is 0 Å². The van der Waals surface area contributed by atoms with Gasteiger partial charge in [0.2, 0.25) is 5.91 Å². The zero-order valence-corrected chi connectivity index (χ0v) is 13.6. The number of carbonyl (C=O) groups is 2. The zero-order valence-electron chi connectivity index (χ0n) is 13.6. The summed E-state index contributed by atoms with van der Waals surface area (Å²) in [4.78, 5) is 35.8. The Hall–Kier alpha value is -2.38. The fourth-order valence-corrected chi connectivity index (χ4v) is 3.34. The van der Waals surface area contributed by atoms with Gasteiger partial charge in [-0.25, -0.2) is 0 Å². The number of nitro groups is 1. The Labute approximate surface area is 139 Å². The molecule has 3 rings (SSSR count). The molecule has 0 radical (unpaired) electrons. The van der Waals surface area contributed by atoms with Gasteiger partial charge in [0.15, 0.2) is 5.76 Å². The smallest absolute Gasteiger partial charge is 0.395 e. The topological polar surface area (TPSA) is 106 Å². The molecule has 1 aliphatic carbocycles. The molecule has 2 atom stereocenters. The number of nitrogens with zero attached hydrogens (tertiary/aromatic N) is 2. The highest BCUT2D eigenvalue weighted by atomic mass is 16.6. The Morgan fingerprint density at radius 1 is 1.29 bits per heavy atom. The molecule has 0 spiro atoms. The lowest BCUT2D eigenvalue weighted by molar-refractivity contribution is -0.402. The Bertz CT molecular complexity index is 650. The fraction of sp³-hybridized carbons (Fsp3) is 0.625. The standard InChI is InChI=1S/C16H21N3O5/c1-10-4-2-3-5-12(10)17-15(20)11-8-18(9-11)16(21)13-6-7-14(24-13)19(22)23/h6-7,10-12H,2-5,8-9H2,1H3,(H,17,20). The summed E-state index contributed by atoms with van der Waals surface area (Å²) in [5, 5.41) is 13.7. The molecule has 2 amide bonds. The quantitative estimate of drug-likeness (QED) is 0.669. The number of carbonyl (C=O) groups excluding carboxylic acids is 2. The van der Waals surface area contributed by atoms with Gasteiger partial charge < -0.3 is 14.6 Å². The van der Waals surface area contributed by atoms with Gasteiger partial charge in [0.25, 0.3) is 5.91 Å². The Morgan fingerprint density at radius 3 is 2.62 bits per heavy atom. The highest BCUT2D eigenvalue weighted by molar-refractivity contribution is 5.94. The Morgan fingerprint density at radius 2 is 2.00 bits per heavy atom. The van der Waals surface area contributed by atoms with Gasteiger partial charge in [0.1, 0.15) is 4.92 Å². The van der Waals surface area contributed by atoms with Crippen LogP contribution >= 0.6 is 0 Å². The Balaban J connectivity index is 1.50. The third-order valence-electron chi connectivity index (χ3n) is 4.96. The highest BCUT2D eigenvalue weighted by Crippen LogP contribution is 2.26. The molecule has 24 heavy (non-hydrogen) atoms. The van der Waals surface area contributed by atoms with Crippen molar-refractivity contribution in [2.24, 2.45) is 11.8 Å². The van der Waals surface area contributed by atoms with Crippen LogP contribution in [0.4, 0.5) is 5.88 Å². The molecule has 1 saturated carbocycles. The molecule has 1 aliphatic heterocycles. The van der Waals surface area contributed by atoms with Gasteiger partial charge in [-0.3, -0.25) is 19.7 Å². The van der Waals surface area contributed by atoms with Crippen LogP contribution in [-0.2, 0) is 4.79 Å². The molecule has 1 aromatic heterocycles. The number of rotatable bonds is 4. The lowest BCUT2D eigenvalue weighted by atomic mass is 9.85. The summed E-state index contributed by atoms with van der Waals surface area (Å²) in [6.45, 7) is 2.80. The van der Waals surface area contributed by atoms with Crippen molar-refractivity contribution >= 4 is 17.7 Å². The van der Waals surface area contributed by atoms with Crippen LogP contribution in [0.5, 0.6) is 0 Å². The molecular formula is C16H21N3O5. The van der Waals surface area contributed by atoms with Crippen LogP contribution in [0.3, 0.4) is 0 Å². The van der Waals surface area contributed by atoms with Crippen LogP contribution in [0.2, 0.25) is 0 Å². The molecule has 2 heterocycles. The van der Waals surface area contributed by atoms with E-state index < -0.39 is 16.7 Å². The molecule has 0 bridgehead atoms. The average Bonchev–Trinajstić information content (AvgIpc) is 2.98. The number of hydrogen-bond acceptors (Lipinski definition) is 5. The summed E-state index contributed by atoms with van der Waals surface area (Å²) in [5.74, 6) is -0.681. The van der Waals surface area contributed by atoms with Crippen molar-refractivity contribution in [2.75, 3.05) is 13.1 Å². The normalized spacial score (nSPS) is 24.3. The number of likely N-dealkylation sites (tertiary alicyclic amines) is 1. The summed E-state index contributed by atoms with van der Waals surface area (Å²) in [6, 6.07) is 2.67. The van der Waals surface area contributed by atoms with Gasteiger partial charge in [-0.05, 0) is 24.8 Å². The van der Waals surface area contributed by atoms with Crippen molar-refractivity contribution in [3.05, 3.63) is 28.0 Å². The molecule has 2 unspecified atom stereocenters. The average molecular weight is 335 g/mol. The number of furan rings is 1. The molecule has 8 heteroatoms. The summed E-state index contributed by atoms with van der Waals surface area (Å²) in [7, 11) is 0. The first-order valence-corrected chi connectivity index (χ1v) is 8.29.